The van der Waals surface area contributed by atoms with Gasteiger partial charge in [0.05, 0.1) is 0 Å². The van der Waals surface area contributed by atoms with E-state index < -0.39 is 5.97 Å². The smallest absolute Gasteiger partial charge is 0.354 e. The molecule has 1 N–H and O–H groups in total. The number of aryl methyl sites for hydroxylation is 2. The number of nitrogens with zero attached hydrogens (tertiary/aromatic N) is 3. The van der Waals surface area contributed by atoms with Crippen molar-refractivity contribution in [2.75, 3.05) is 0 Å². The summed E-state index contributed by atoms with van der Waals surface area (Å²) in [5.74, 6) is -0.492. The normalized spacial score (nSPS) is 10.9. The van der Waals surface area contributed by atoms with Crippen LogP contribution in [0.2, 0.25) is 0 Å². The van der Waals surface area contributed by atoms with E-state index >= 15 is 0 Å². The summed E-state index contributed by atoms with van der Waals surface area (Å²) in [5, 5.41) is 13.5. The lowest BCUT2D eigenvalue weighted by Gasteiger charge is -2.01. The molecule has 0 amide bonds. The van der Waals surface area contributed by atoms with Gasteiger partial charge in [-0.15, -0.1) is 5.10 Å². The van der Waals surface area contributed by atoms with Crippen molar-refractivity contribution in [3.8, 4) is 11.4 Å². The highest BCUT2D eigenvalue weighted by Gasteiger charge is 2.13. The molecular formula is C15H13N3O2. The maximum absolute atomic E-state index is 11.2. The average Bonchev–Trinajstić information content (AvgIpc) is 2.85. The molecule has 5 nitrogen and oxygen atoms in total. The Hall–Kier alpha value is -2.69. The van der Waals surface area contributed by atoms with E-state index in [1.54, 1.807) is 12.1 Å². The average molecular weight is 267 g/mol. The van der Waals surface area contributed by atoms with E-state index in [2.05, 4.69) is 10.1 Å². The molecular weight excluding hydrogens is 254 g/mol. The molecule has 0 spiro atoms. The van der Waals surface area contributed by atoms with Gasteiger partial charge in [0, 0.05) is 5.56 Å². The van der Waals surface area contributed by atoms with Crippen LogP contribution < -0.4 is 0 Å². The SMILES string of the molecule is Cc1ccc(-c2nc3cccc(C(=O)O)n3n2)cc1C. The predicted molar refractivity (Wildman–Crippen MR) is 74.9 cm³/mol. The third-order valence-electron chi connectivity index (χ3n) is 3.34. The molecule has 3 aromatic rings. The molecule has 3 rings (SSSR count). The minimum Gasteiger partial charge on any atom is -0.477 e. The van der Waals surface area contributed by atoms with Gasteiger partial charge in [0.1, 0.15) is 0 Å². The van der Waals surface area contributed by atoms with Gasteiger partial charge in [-0.05, 0) is 43.2 Å². The number of carbonyl (C=O) groups is 1. The summed E-state index contributed by atoms with van der Waals surface area (Å²) >= 11 is 0. The quantitative estimate of drug-likeness (QED) is 0.775. The highest BCUT2D eigenvalue weighted by molar-refractivity contribution is 5.86. The van der Waals surface area contributed by atoms with E-state index in [0.717, 1.165) is 11.1 Å². The lowest BCUT2D eigenvalue weighted by Crippen LogP contribution is -2.05. The summed E-state index contributed by atoms with van der Waals surface area (Å²) in [6, 6.07) is 10.9. The van der Waals surface area contributed by atoms with Crippen LogP contribution in [0.4, 0.5) is 0 Å². The number of hydrogen-bond acceptors (Lipinski definition) is 3. The van der Waals surface area contributed by atoms with Gasteiger partial charge >= 0.3 is 5.97 Å². The fourth-order valence-corrected chi connectivity index (χ4v) is 2.07. The highest BCUT2D eigenvalue weighted by atomic mass is 16.4. The summed E-state index contributed by atoms with van der Waals surface area (Å²) in [4.78, 5) is 15.6. The van der Waals surface area contributed by atoms with Crippen LogP contribution in [0.1, 0.15) is 21.6 Å². The van der Waals surface area contributed by atoms with E-state index in [-0.39, 0.29) is 5.69 Å². The minimum atomic E-state index is -1.02. The van der Waals surface area contributed by atoms with Crippen molar-refractivity contribution in [1.29, 1.82) is 0 Å². The predicted octanol–water partition coefficient (Wildman–Crippen LogP) is 2.71. The molecule has 1 aromatic carbocycles. The van der Waals surface area contributed by atoms with Crippen molar-refractivity contribution < 1.29 is 9.90 Å². The van der Waals surface area contributed by atoms with Gasteiger partial charge < -0.3 is 5.11 Å². The van der Waals surface area contributed by atoms with Crippen LogP contribution >= 0.6 is 0 Å². The number of pyridine rings is 1. The zero-order valence-corrected chi connectivity index (χ0v) is 11.2. The third-order valence-corrected chi connectivity index (χ3v) is 3.34. The molecule has 0 unspecified atom stereocenters. The van der Waals surface area contributed by atoms with Gasteiger partial charge in [0.25, 0.3) is 0 Å². The van der Waals surface area contributed by atoms with Crippen LogP contribution in [0.3, 0.4) is 0 Å². The Kier molecular flexibility index (Phi) is 2.75. The largest absolute Gasteiger partial charge is 0.477 e. The Balaban J connectivity index is 2.20. The van der Waals surface area contributed by atoms with Crippen LogP contribution in [0.25, 0.3) is 17.0 Å². The minimum absolute atomic E-state index is 0.102. The summed E-state index contributed by atoms with van der Waals surface area (Å²) in [5.41, 5.74) is 3.86. The van der Waals surface area contributed by atoms with Crippen molar-refractivity contribution >= 4 is 11.6 Å². The summed E-state index contributed by atoms with van der Waals surface area (Å²) in [7, 11) is 0. The molecule has 0 atom stereocenters. The molecule has 0 aliphatic rings. The van der Waals surface area contributed by atoms with Crippen LogP contribution in [0.5, 0.6) is 0 Å². The first-order valence-electron chi connectivity index (χ1n) is 6.23. The van der Waals surface area contributed by atoms with Crippen molar-refractivity contribution in [2.24, 2.45) is 0 Å². The Morgan fingerprint density at radius 3 is 2.65 bits per heavy atom. The van der Waals surface area contributed by atoms with Gasteiger partial charge in [-0.3, -0.25) is 0 Å². The van der Waals surface area contributed by atoms with E-state index in [9.17, 15) is 4.79 Å². The fraction of sp³-hybridized carbons (Fsp3) is 0.133. The standard InChI is InChI=1S/C15H13N3O2/c1-9-6-7-11(8-10(9)2)14-16-13-5-3-4-12(15(19)20)18(13)17-14/h3-8H,1-2H3,(H,19,20). The summed E-state index contributed by atoms with van der Waals surface area (Å²) in [6.45, 7) is 4.07. The highest BCUT2D eigenvalue weighted by Crippen LogP contribution is 2.20. The van der Waals surface area contributed by atoms with Crippen molar-refractivity contribution in [3.63, 3.8) is 0 Å². The van der Waals surface area contributed by atoms with Crippen LogP contribution in [0, 0.1) is 13.8 Å². The van der Waals surface area contributed by atoms with Crippen LogP contribution in [-0.4, -0.2) is 25.7 Å². The number of aromatic nitrogens is 3. The number of carboxylic acid groups (broad SMARTS) is 1. The Morgan fingerprint density at radius 1 is 1.15 bits per heavy atom. The van der Waals surface area contributed by atoms with Gasteiger partial charge in [0.15, 0.2) is 17.2 Å². The molecule has 0 aliphatic heterocycles. The molecule has 20 heavy (non-hydrogen) atoms. The molecule has 5 heteroatoms. The Bertz CT molecular complexity index is 821. The van der Waals surface area contributed by atoms with Crippen molar-refractivity contribution in [3.05, 3.63) is 53.2 Å². The zero-order valence-electron chi connectivity index (χ0n) is 11.2. The number of benzene rings is 1. The molecule has 2 aromatic heterocycles. The monoisotopic (exact) mass is 267 g/mol. The molecule has 100 valence electrons. The summed E-state index contributed by atoms with van der Waals surface area (Å²) < 4.78 is 1.35. The molecule has 0 bridgehead atoms. The van der Waals surface area contributed by atoms with Crippen molar-refractivity contribution in [2.45, 2.75) is 13.8 Å². The summed E-state index contributed by atoms with van der Waals surface area (Å²) in [6.07, 6.45) is 0. The van der Waals surface area contributed by atoms with Gasteiger partial charge in [-0.25, -0.2) is 14.3 Å². The topological polar surface area (TPSA) is 67.5 Å². The Labute approximate surface area is 115 Å². The molecule has 0 saturated heterocycles. The second-order valence-corrected chi connectivity index (χ2v) is 4.72. The number of aromatic carboxylic acids is 1. The Morgan fingerprint density at radius 2 is 1.95 bits per heavy atom. The maximum atomic E-state index is 11.2. The zero-order chi connectivity index (χ0) is 14.3. The first-order chi connectivity index (χ1) is 9.56. The number of hydrogen-bond donors (Lipinski definition) is 1. The molecule has 0 aliphatic carbocycles. The van der Waals surface area contributed by atoms with Gasteiger partial charge in [-0.2, -0.15) is 0 Å². The van der Waals surface area contributed by atoms with E-state index in [4.69, 9.17) is 5.11 Å². The van der Waals surface area contributed by atoms with E-state index in [0.29, 0.717) is 11.5 Å². The van der Waals surface area contributed by atoms with Crippen molar-refractivity contribution in [1.82, 2.24) is 14.6 Å². The van der Waals surface area contributed by atoms with E-state index in [1.165, 1.54) is 16.1 Å². The van der Waals surface area contributed by atoms with Crippen LogP contribution in [-0.2, 0) is 0 Å². The second-order valence-electron chi connectivity index (χ2n) is 4.72. The van der Waals surface area contributed by atoms with Gasteiger partial charge in [0.2, 0.25) is 0 Å². The first-order valence-corrected chi connectivity index (χ1v) is 6.23. The lowest BCUT2D eigenvalue weighted by atomic mass is 10.1. The molecule has 0 radical (unpaired) electrons. The van der Waals surface area contributed by atoms with Gasteiger partial charge in [-0.1, -0.05) is 18.2 Å². The molecule has 0 saturated carbocycles. The first kappa shape index (κ1) is 12.3. The fourth-order valence-electron chi connectivity index (χ4n) is 2.07. The van der Waals surface area contributed by atoms with E-state index in [1.807, 2.05) is 32.0 Å². The second kappa shape index (κ2) is 4.45. The molecule has 2 heterocycles. The molecule has 0 fully saturated rings. The number of carboxylic acids is 1. The maximum Gasteiger partial charge on any atom is 0.354 e. The third kappa shape index (κ3) is 1.93. The number of rotatable bonds is 2. The van der Waals surface area contributed by atoms with Crippen LogP contribution in [0.15, 0.2) is 36.4 Å². The number of fused-ring (bicyclic) bond motifs is 1. The lowest BCUT2D eigenvalue weighted by molar-refractivity contribution is 0.0687.